The maximum Gasteiger partial charge on any atom is 0.152 e. The van der Waals surface area contributed by atoms with Gasteiger partial charge in [-0.15, -0.1) is 0 Å². The molecule has 1 aliphatic rings. The lowest BCUT2D eigenvalue weighted by atomic mass is 10.3. The topological polar surface area (TPSA) is 54.4 Å². The van der Waals surface area contributed by atoms with Gasteiger partial charge in [-0.3, -0.25) is 0 Å². The molecule has 0 aromatic carbocycles. The van der Waals surface area contributed by atoms with Gasteiger partial charge in [0.15, 0.2) is 9.84 Å². The van der Waals surface area contributed by atoms with Crippen LogP contribution < -0.4 is 0 Å². The normalized spacial score (nSPS) is 35.4. The zero-order valence-corrected chi connectivity index (χ0v) is 5.19. The average Bonchev–Trinajstić information content (AvgIpc) is 1.82. The van der Waals surface area contributed by atoms with Crippen molar-refractivity contribution in [2.75, 3.05) is 11.5 Å². The van der Waals surface area contributed by atoms with Crippen LogP contribution in [0.3, 0.4) is 0 Å². The summed E-state index contributed by atoms with van der Waals surface area (Å²) in [5.74, 6) is 0.126. The van der Waals surface area contributed by atoms with Crippen LogP contribution in [0.1, 0.15) is 6.42 Å². The molecule has 1 saturated heterocycles. The molecule has 1 atom stereocenters. The molecule has 0 aromatic heterocycles. The second kappa shape index (κ2) is 1.70. The van der Waals surface area contributed by atoms with Crippen molar-refractivity contribution in [2.24, 2.45) is 0 Å². The second-order valence-corrected chi connectivity index (χ2v) is 4.29. The summed E-state index contributed by atoms with van der Waals surface area (Å²) < 4.78 is 21.0. The van der Waals surface area contributed by atoms with E-state index in [0.29, 0.717) is 6.42 Å². The molecule has 0 amide bonds. The Labute approximate surface area is 48.2 Å². The van der Waals surface area contributed by atoms with Crippen LogP contribution in [0.15, 0.2) is 0 Å². The summed E-state index contributed by atoms with van der Waals surface area (Å²) in [4.78, 5) is 0. The highest BCUT2D eigenvalue weighted by molar-refractivity contribution is 7.91. The van der Waals surface area contributed by atoms with Crippen LogP contribution in [0.5, 0.6) is 0 Å². The lowest BCUT2D eigenvalue weighted by Gasteiger charge is -1.90. The second-order valence-electron chi connectivity index (χ2n) is 2.06. The Kier molecular flexibility index (Phi) is 1.28. The largest absolute Gasteiger partial charge is 0.392 e. The van der Waals surface area contributed by atoms with Gasteiger partial charge in [0.25, 0.3) is 0 Å². The highest BCUT2D eigenvalue weighted by Gasteiger charge is 2.25. The smallest absolute Gasteiger partial charge is 0.152 e. The highest BCUT2D eigenvalue weighted by atomic mass is 32.2. The van der Waals surface area contributed by atoms with E-state index in [1.807, 2.05) is 0 Å². The Morgan fingerprint density at radius 2 is 2.12 bits per heavy atom. The van der Waals surface area contributed by atoms with Gasteiger partial charge < -0.3 is 5.11 Å². The zero-order valence-electron chi connectivity index (χ0n) is 4.37. The fraction of sp³-hybridized carbons (Fsp3) is 1.00. The third-order valence-electron chi connectivity index (χ3n) is 1.21. The number of aliphatic hydroxyl groups excluding tert-OH is 1. The van der Waals surface area contributed by atoms with Crippen molar-refractivity contribution in [1.82, 2.24) is 0 Å². The van der Waals surface area contributed by atoms with Gasteiger partial charge in [0, 0.05) is 0 Å². The fourth-order valence-electron chi connectivity index (χ4n) is 0.775. The predicted molar refractivity (Wildman–Crippen MR) is 29.3 cm³/mol. The first-order valence-corrected chi connectivity index (χ1v) is 4.31. The Morgan fingerprint density at radius 3 is 2.25 bits per heavy atom. The molecule has 48 valence electrons. The molecule has 1 aliphatic heterocycles. The van der Waals surface area contributed by atoms with E-state index in [4.69, 9.17) is 5.11 Å². The summed E-state index contributed by atoms with van der Waals surface area (Å²) in [7, 11) is -2.85. The Balaban J connectivity index is 2.71. The molecular weight excluding hydrogens is 130 g/mol. The standard InChI is InChI=1S/C4H8O3S/c5-4-1-2-8(6,7)3-4/h4-5H,1-3H2/i5+2. The zero-order chi connectivity index (χ0) is 6.20. The number of sulfone groups is 1. The van der Waals surface area contributed by atoms with E-state index in [2.05, 4.69) is 0 Å². The van der Waals surface area contributed by atoms with Crippen LogP contribution in [0.2, 0.25) is 0 Å². The van der Waals surface area contributed by atoms with Crippen molar-refractivity contribution in [3.63, 3.8) is 0 Å². The Hall–Kier alpha value is -0.0900. The summed E-state index contributed by atoms with van der Waals surface area (Å²) in [5, 5.41) is 8.69. The van der Waals surface area contributed by atoms with Crippen molar-refractivity contribution >= 4 is 9.84 Å². The van der Waals surface area contributed by atoms with Gasteiger partial charge in [-0.05, 0) is 6.42 Å². The van der Waals surface area contributed by atoms with Crippen molar-refractivity contribution in [3.8, 4) is 0 Å². The molecule has 1 fully saturated rings. The quantitative estimate of drug-likeness (QED) is 0.444. The summed E-state index contributed by atoms with van der Waals surface area (Å²) in [6, 6.07) is 0. The third kappa shape index (κ3) is 1.20. The van der Waals surface area contributed by atoms with Gasteiger partial charge in [-0.25, -0.2) is 8.42 Å². The van der Waals surface area contributed by atoms with Crippen LogP contribution >= 0.6 is 0 Å². The van der Waals surface area contributed by atoms with Gasteiger partial charge in [-0.1, -0.05) is 0 Å². The van der Waals surface area contributed by atoms with Crippen LogP contribution in [-0.4, -0.2) is 31.1 Å². The molecule has 8 heavy (non-hydrogen) atoms. The summed E-state index contributed by atoms with van der Waals surface area (Å²) in [6.07, 6.45) is -0.178. The van der Waals surface area contributed by atoms with Crippen molar-refractivity contribution in [1.29, 1.82) is 0 Å². The highest BCUT2D eigenvalue weighted by Crippen LogP contribution is 2.09. The number of hydrogen-bond donors (Lipinski definition) is 1. The van der Waals surface area contributed by atoms with E-state index >= 15 is 0 Å². The molecule has 1 N–H and O–H groups in total. The molecule has 3 nitrogen and oxygen atoms in total. The minimum absolute atomic E-state index is 0.0347. The van der Waals surface area contributed by atoms with E-state index < -0.39 is 15.9 Å². The maximum atomic E-state index is 10.5. The minimum Gasteiger partial charge on any atom is -0.392 e. The lowest BCUT2D eigenvalue weighted by Crippen LogP contribution is -2.07. The lowest BCUT2D eigenvalue weighted by molar-refractivity contribution is 0.202. The van der Waals surface area contributed by atoms with Crippen molar-refractivity contribution in [2.45, 2.75) is 12.5 Å². The first-order valence-electron chi connectivity index (χ1n) is 2.49. The van der Waals surface area contributed by atoms with E-state index in [1.54, 1.807) is 0 Å². The van der Waals surface area contributed by atoms with Crippen LogP contribution in [0, 0.1) is 0 Å². The first kappa shape index (κ1) is 6.04. The molecule has 0 saturated carbocycles. The monoisotopic (exact) mass is 138 g/mol. The van der Waals surface area contributed by atoms with Crippen LogP contribution in [0.25, 0.3) is 0 Å². The SMILES string of the molecule is O=S1(=O)CCC([18OH])C1. The molecule has 1 rings (SSSR count). The van der Waals surface area contributed by atoms with Gasteiger partial charge in [0.1, 0.15) is 0 Å². The Bertz CT molecular complexity index is 170. The van der Waals surface area contributed by atoms with Crippen molar-refractivity contribution in [3.05, 3.63) is 0 Å². The van der Waals surface area contributed by atoms with Gasteiger partial charge in [-0.2, -0.15) is 0 Å². The van der Waals surface area contributed by atoms with Crippen LogP contribution in [-0.2, 0) is 9.84 Å². The van der Waals surface area contributed by atoms with E-state index in [1.165, 1.54) is 0 Å². The minimum atomic E-state index is -2.85. The molecule has 0 aliphatic carbocycles. The molecule has 0 spiro atoms. The summed E-state index contributed by atoms with van der Waals surface area (Å²) in [5.41, 5.74) is 0. The predicted octanol–water partition coefficient (Wildman–Crippen LogP) is -0.834. The van der Waals surface area contributed by atoms with E-state index in [9.17, 15) is 8.42 Å². The molecule has 0 radical (unpaired) electrons. The van der Waals surface area contributed by atoms with Crippen molar-refractivity contribution < 1.29 is 13.5 Å². The van der Waals surface area contributed by atoms with Gasteiger partial charge in [0.2, 0.25) is 0 Å². The fourth-order valence-corrected chi connectivity index (χ4v) is 2.33. The maximum absolute atomic E-state index is 10.5. The first-order chi connectivity index (χ1) is 3.60. The number of rotatable bonds is 0. The van der Waals surface area contributed by atoms with E-state index in [-0.39, 0.29) is 11.5 Å². The van der Waals surface area contributed by atoms with Gasteiger partial charge >= 0.3 is 0 Å². The number of hydrogen-bond acceptors (Lipinski definition) is 3. The molecule has 1 heterocycles. The summed E-state index contributed by atoms with van der Waals surface area (Å²) in [6.45, 7) is 0. The van der Waals surface area contributed by atoms with Gasteiger partial charge in [0.05, 0.1) is 17.6 Å². The molecule has 0 aromatic rings. The Morgan fingerprint density at radius 1 is 1.50 bits per heavy atom. The third-order valence-corrected chi connectivity index (χ3v) is 2.96. The summed E-state index contributed by atoms with van der Waals surface area (Å²) >= 11 is 0. The van der Waals surface area contributed by atoms with Crippen LogP contribution in [0.4, 0.5) is 0 Å². The molecule has 4 heteroatoms. The van der Waals surface area contributed by atoms with E-state index in [0.717, 1.165) is 0 Å². The number of aliphatic hydroxyl groups is 1. The molecular formula is C4H8O3S. The molecule has 1 unspecified atom stereocenters. The average molecular weight is 138 g/mol. The molecule has 0 bridgehead atoms.